The minimum atomic E-state index is -0.340. The van der Waals surface area contributed by atoms with E-state index in [-0.39, 0.29) is 35.8 Å². The third-order valence-electron chi connectivity index (χ3n) is 8.55. The molecular weight excluding hydrogens is 584 g/mol. The zero-order valence-corrected chi connectivity index (χ0v) is 26.0. The second kappa shape index (κ2) is 12.2. The first-order valence-electron chi connectivity index (χ1n) is 14.2. The van der Waals surface area contributed by atoms with Gasteiger partial charge in [0.25, 0.3) is 11.5 Å². The topological polar surface area (TPSA) is 110 Å². The molecule has 0 radical (unpaired) electrons. The van der Waals surface area contributed by atoms with Crippen molar-refractivity contribution in [1.82, 2.24) is 29.0 Å². The van der Waals surface area contributed by atoms with E-state index in [0.29, 0.717) is 40.4 Å². The monoisotopic (exact) mass is 622 g/mol. The zero-order valence-electron chi connectivity index (χ0n) is 24.4. The summed E-state index contributed by atoms with van der Waals surface area (Å²) in [5.41, 5.74) is 4.38. The molecule has 228 valence electrons. The van der Waals surface area contributed by atoms with Crippen molar-refractivity contribution in [2.45, 2.75) is 53.1 Å². The van der Waals surface area contributed by atoms with Crippen molar-refractivity contribution >= 4 is 52.0 Å². The summed E-state index contributed by atoms with van der Waals surface area (Å²) >= 11 is 7.31. The summed E-state index contributed by atoms with van der Waals surface area (Å²) in [7, 11) is 1.81. The highest BCUT2D eigenvalue weighted by molar-refractivity contribution is 7.97. The number of anilines is 2. The van der Waals surface area contributed by atoms with E-state index in [4.69, 9.17) is 16.6 Å². The Bertz CT molecular complexity index is 1720. The van der Waals surface area contributed by atoms with Gasteiger partial charge >= 0.3 is 0 Å². The molecule has 12 heteroatoms. The van der Waals surface area contributed by atoms with Crippen LogP contribution >= 0.6 is 23.5 Å². The van der Waals surface area contributed by atoms with Crippen molar-refractivity contribution in [3.05, 3.63) is 74.6 Å². The molecule has 2 N–H and O–H groups in total. The molecule has 1 aliphatic heterocycles. The van der Waals surface area contributed by atoms with Crippen LogP contribution in [0.2, 0.25) is 5.15 Å². The molecule has 0 spiro atoms. The van der Waals surface area contributed by atoms with E-state index >= 15 is 0 Å². The Kier molecular flexibility index (Phi) is 8.76. The van der Waals surface area contributed by atoms with Gasteiger partial charge in [-0.3, -0.25) is 23.6 Å². The summed E-state index contributed by atoms with van der Waals surface area (Å²) in [4.78, 5) is 38.1. The Morgan fingerprint density at radius 1 is 1.12 bits per heavy atom. The molecule has 1 saturated carbocycles. The minimum absolute atomic E-state index is 0. The molecule has 3 unspecified atom stereocenters. The second-order valence-corrected chi connectivity index (χ2v) is 12.6. The molecule has 0 bridgehead atoms. The van der Waals surface area contributed by atoms with E-state index in [1.807, 2.05) is 33.2 Å². The predicted octanol–water partition coefficient (Wildman–Crippen LogP) is 5.70. The molecule has 1 amide bonds. The lowest BCUT2D eigenvalue weighted by Gasteiger charge is -2.24. The van der Waals surface area contributed by atoms with E-state index < -0.39 is 0 Å². The maximum Gasteiger partial charge on any atom is 0.281 e. The van der Waals surface area contributed by atoms with Gasteiger partial charge in [0.05, 0.1) is 34.9 Å². The Hall–Kier alpha value is -3.57. The van der Waals surface area contributed by atoms with Crippen LogP contribution in [0.1, 0.15) is 66.5 Å². The molecule has 10 nitrogen and oxygen atoms in total. The van der Waals surface area contributed by atoms with Gasteiger partial charge in [-0.2, -0.15) is 5.10 Å². The third kappa shape index (κ3) is 5.84. The van der Waals surface area contributed by atoms with Crippen LogP contribution in [0.5, 0.6) is 0 Å². The van der Waals surface area contributed by atoms with Crippen LogP contribution in [0.4, 0.5) is 11.6 Å². The quantitative estimate of drug-likeness (QED) is 0.200. The largest absolute Gasteiger partial charge is 0.377 e. The average Bonchev–Trinajstić information content (AvgIpc) is 3.66. The molecule has 1 aromatic carbocycles. The third-order valence-corrected chi connectivity index (χ3v) is 9.15. The van der Waals surface area contributed by atoms with E-state index in [0.717, 1.165) is 37.1 Å². The van der Waals surface area contributed by atoms with Crippen LogP contribution < -0.4 is 20.5 Å². The summed E-state index contributed by atoms with van der Waals surface area (Å²) < 4.78 is 6.52. The number of halogens is 1. The van der Waals surface area contributed by atoms with Crippen molar-refractivity contribution in [3.63, 3.8) is 0 Å². The van der Waals surface area contributed by atoms with Gasteiger partial charge in [-0.25, -0.2) is 9.97 Å². The van der Waals surface area contributed by atoms with Crippen LogP contribution in [0.3, 0.4) is 0 Å². The Morgan fingerprint density at radius 3 is 2.49 bits per heavy atom. The van der Waals surface area contributed by atoms with Gasteiger partial charge in [-0.1, -0.05) is 37.0 Å². The fraction of sp³-hybridized carbons (Fsp3) is 0.452. The molecule has 6 rings (SSSR count). The highest BCUT2D eigenvalue weighted by Gasteiger charge is 2.43. The number of rotatable bonds is 7. The van der Waals surface area contributed by atoms with Crippen molar-refractivity contribution in [2.24, 2.45) is 18.9 Å². The van der Waals surface area contributed by atoms with Gasteiger partial charge in [-0.05, 0) is 74.8 Å². The molecule has 2 fully saturated rings. The summed E-state index contributed by atoms with van der Waals surface area (Å²) in [5.74, 6) is 1.42. The summed E-state index contributed by atoms with van der Waals surface area (Å²) in [6.45, 7) is 7.78. The lowest BCUT2D eigenvalue weighted by molar-refractivity contribution is 0.0980. The van der Waals surface area contributed by atoms with E-state index in [9.17, 15) is 9.59 Å². The number of fused-ring (bicyclic) bond motifs is 2. The smallest absolute Gasteiger partial charge is 0.281 e. The first-order chi connectivity index (χ1) is 20.1. The maximum atomic E-state index is 13.7. The molecule has 43 heavy (non-hydrogen) atoms. The number of aryl methyl sites for hydroxylation is 2. The van der Waals surface area contributed by atoms with Crippen LogP contribution in [-0.2, 0) is 7.05 Å². The van der Waals surface area contributed by atoms with Crippen LogP contribution in [0, 0.1) is 25.7 Å². The molecule has 4 heterocycles. The zero-order chi connectivity index (χ0) is 29.7. The molecule has 3 aromatic heterocycles. The molecule has 1 saturated heterocycles. The number of carbonyl (C=O) groups excluding carboxylic acids is 1. The lowest BCUT2D eigenvalue weighted by atomic mass is 10.0. The number of nitrogens with zero attached hydrogens (tertiary/aromatic N) is 6. The first-order valence-corrected chi connectivity index (χ1v) is 15.8. The van der Waals surface area contributed by atoms with Crippen molar-refractivity contribution in [2.75, 3.05) is 29.6 Å². The first kappa shape index (κ1) is 30.9. The number of amides is 1. The molecular formula is C31H39ClN8O2S. The molecule has 3 atom stereocenters. The number of pyridine rings is 1. The van der Waals surface area contributed by atoms with Gasteiger partial charge in [0.15, 0.2) is 5.69 Å². The van der Waals surface area contributed by atoms with Crippen molar-refractivity contribution in [1.29, 1.82) is 0 Å². The fourth-order valence-corrected chi connectivity index (χ4v) is 7.04. The average molecular weight is 623 g/mol. The Labute approximate surface area is 261 Å². The molecule has 2 aliphatic rings. The summed E-state index contributed by atoms with van der Waals surface area (Å²) in [5, 5.41) is 8.80. The van der Waals surface area contributed by atoms with Gasteiger partial charge in [0.1, 0.15) is 5.15 Å². The number of carbonyl (C=O) groups is 1. The maximum absolute atomic E-state index is 13.7. The van der Waals surface area contributed by atoms with E-state index in [1.54, 1.807) is 23.0 Å². The predicted molar refractivity (Wildman–Crippen MR) is 175 cm³/mol. The lowest BCUT2D eigenvalue weighted by Crippen LogP contribution is -2.31. The summed E-state index contributed by atoms with van der Waals surface area (Å²) in [6, 6.07) is 7.50. The number of nitrogens with one attached hydrogen (secondary N) is 2. The Balaban J connectivity index is 0.00000368. The number of benzene rings is 1. The minimum Gasteiger partial charge on any atom is -0.377 e. The van der Waals surface area contributed by atoms with Gasteiger partial charge in [0, 0.05) is 38.2 Å². The van der Waals surface area contributed by atoms with Crippen molar-refractivity contribution < 1.29 is 4.79 Å². The second-order valence-electron chi connectivity index (χ2n) is 11.6. The molecule has 4 aromatic rings. The van der Waals surface area contributed by atoms with E-state index in [2.05, 4.69) is 48.9 Å². The highest BCUT2D eigenvalue weighted by Crippen LogP contribution is 2.44. The van der Waals surface area contributed by atoms with Crippen molar-refractivity contribution in [3.8, 4) is 0 Å². The number of hydrogen-bond acceptors (Lipinski definition) is 8. The van der Waals surface area contributed by atoms with Gasteiger partial charge in [-0.15, -0.1) is 0 Å². The van der Waals surface area contributed by atoms with Gasteiger partial charge in [0.2, 0.25) is 5.95 Å². The SMILES string of the molecule is C.CSNC(=O)c1nc(Cl)ccc1NC(C)c1cc(C)cc2c(=O)n(C)c(N3CC4CC(n5cc(C)cn5)CC4C3)nc12. The highest BCUT2D eigenvalue weighted by atomic mass is 35.5. The summed E-state index contributed by atoms with van der Waals surface area (Å²) in [6.07, 6.45) is 7.99. The van der Waals surface area contributed by atoms with E-state index in [1.165, 1.54) is 17.5 Å². The Morgan fingerprint density at radius 2 is 1.84 bits per heavy atom. The van der Waals surface area contributed by atoms with Gasteiger partial charge < -0.3 is 10.2 Å². The number of aromatic nitrogens is 5. The standard InChI is InChI=1S/C30H35ClN8O2S.CH4/c1-16-8-22(18(3)33-24-6-7-25(31)34-27(24)28(40)36-42-5)26-23(9-16)29(41)37(4)30(35-26)38-14-19-10-21(11-20(19)15-38)39-13-17(2)12-32-39;/h6-9,12-13,18-21,33H,10-11,14-15H2,1-5H3,(H,36,40);1H4. The van der Waals surface area contributed by atoms with Crippen LogP contribution in [0.15, 0.2) is 41.5 Å². The number of hydrogen-bond donors (Lipinski definition) is 2. The van der Waals surface area contributed by atoms with Crippen LogP contribution in [0.25, 0.3) is 10.9 Å². The molecule has 1 aliphatic carbocycles. The van der Waals surface area contributed by atoms with Crippen LogP contribution in [-0.4, -0.2) is 49.6 Å². The fourth-order valence-electron chi connectivity index (χ4n) is 6.61. The normalized spacial score (nSPS) is 20.1.